The summed E-state index contributed by atoms with van der Waals surface area (Å²) in [5.74, 6) is 0. The topological polar surface area (TPSA) is 23.5 Å². The van der Waals surface area contributed by atoms with Gasteiger partial charge in [-0.25, -0.2) is 0 Å². The van der Waals surface area contributed by atoms with Crippen molar-refractivity contribution < 1.29 is 5.21 Å². The average molecular weight is 145 g/mol. The molecule has 0 aromatic carbocycles. The highest BCUT2D eigenvalue weighted by Gasteiger charge is 2.25. The van der Waals surface area contributed by atoms with E-state index in [2.05, 4.69) is 20.8 Å². The number of hydrogen-bond acceptors (Lipinski definition) is 2. The summed E-state index contributed by atoms with van der Waals surface area (Å²) in [5.41, 5.74) is -0.0191. The molecule has 0 aliphatic rings. The number of nitrogens with zero attached hydrogens (tertiary/aromatic N) is 1. The van der Waals surface area contributed by atoms with Gasteiger partial charge in [-0.2, -0.15) is 5.06 Å². The normalized spacial score (nSPS) is 12.6. The molecule has 0 bridgehead atoms. The van der Waals surface area contributed by atoms with Crippen LogP contribution in [0.15, 0.2) is 0 Å². The molecule has 0 unspecified atom stereocenters. The van der Waals surface area contributed by atoms with Gasteiger partial charge in [0, 0.05) is 12.1 Å². The van der Waals surface area contributed by atoms with E-state index in [9.17, 15) is 5.21 Å². The highest BCUT2D eigenvalue weighted by molar-refractivity contribution is 4.77. The van der Waals surface area contributed by atoms with E-state index in [0.29, 0.717) is 6.54 Å². The van der Waals surface area contributed by atoms with Gasteiger partial charge >= 0.3 is 0 Å². The van der Waals surface area contributed by atoms with Gasteiger partial charge in [-0.3, -0.25) is 0 Å². The molecule has 0 aliphatic heterocycles. The number of hydroxylamine groups is 2. The average Bonchev–Trinajstić information content (AvgIpc) is 2.01. The summed E-state index contributed by atoms with van der Waals surface area (Å²) in [4.78, 5) is 0. The van der Waals surface area contributed by atoms with Crippen LogP contribution in [-0.4, -0.2) is 22.4 Å². The standard InChI is InChI=1S/C8H19NO/c1-5-8(4,6-2)9(10)7-3/h10H,5-7H2,1-4H3. The summed E-state index contributed by atoms with van der Waals surface area (Å²) in [5, 5.41) is 10.8. The molecule has 0 aromatic rings. The maximum atomic E-state index is 9.41. The maximum absolute atomic E-state index is 9.41. The molecule has 1 N–H and O–H groups in total. The lowest BCUT2D eigenvalue weighted by atomic mass is 9.95. The van der Waals surface area contributed by atoms with Crippen LogP contribution >= 0.6 is 0 Å². The molecule has 2 heteroatoms. The minimum Gasteiger partial charge on any atom is -0.313 e. The zero-order valence-electron chi connectivity index (χ0n) is 7.52. The number of rotatable bonds is 4. The van der Waals surface area contributed by atoms with E-state index in [0.717, 1.165) is 12.8 Å². The Balaban J connectivity index is 4.02. The Hall–Kier alpha value is -0.0800. The molecular formula is C8H19NO. The SMILES string of the molecule is CCN(O)C(C)(CC)CC. The second-order valence-electron chi connectivity index (χ2n) is 2.92. The van der Waals surface area contributed by atoms with E-state index in [1.54, 1.807) is 0 Å². The molecule has 0 atom stereocenters. The Morgan fingerprint density at radius 3 is 1.70 bits per heavy atom. The molecule has 2 nitrogen and oxygen atoms in total. The monoisotopic (exact) mass is 145 g/mol. The van der Waals surface area contributed by atoms with Crippen molar-refractivity contribution in [2.45, 2.75) is 46.1 Å². The predicted molar refractivity (Wildman–Crippen MR) is 43.2 cm³/mol. The Morgan fingerprint density at radius 2 is 1.60 bits per heavy atom. The van der Waals surface area contributed by atoms with Crippen molar-refractivity contribution in [1.29, 1.82) is 0 Å². The van der Waals surface area contributed by atoms with E-state index in [4.69, 9.17) is 0 Å². The minimum atomic E-state index is -0.0191. The summed E-state index contributed by atoms with van der Waals surface area (Å²) in [6.07, 6.45) is 1.99. The van der Waals surface area contributed by atoms with Gasteiger partial charge in [0.1, 0.15) is 0 Å². The summed E-state index contributed by atoms with van der Waals surface area (Å²) < 4.78 is 0. The predicted octanol–water partition coefficient (Wildman–Crippen LogP) is 2.28. The summed E-state index contributed by atoms with van der Waals surface area (Å²) >= 11 is 0. The third-order valence-electron chi connectivity index (χ3n) is 2.45. The zero-order valence-corrected chi connectivity index (χ0v) is 7.52. The second kappa shape index (κ2) is 3.94. The second-order valence-corrected chi connectivity index (χ2v) is 2.92. The minimum absolute atomic E-state index is 0.0191. The van der Waals surface area contributed by atoms with Crippen LogP contribution in [0.1, 0.15) is 40.5 Å². The van der Waals surface area contributed by atoms with E-state index in [1.807, 2.05) is 6.92 Å². The van der Waals surface area contributed by atoms with Crippen LogP contribution < -0.4 is 0 Å². The molecule has 0 aromatic heterocycles. The van der Waals surface area contributed by atoms with Gasteiger partial charge in [0.15, 0.2) is 0 Å². The molecule has 0 aliphatic carbocycles. The lowest BCUT2D eigenvalue weighted by Gasteiger charge is -2.34. The van der Waals surface area contributed by atoms with Gasteiger partial charge in [-0.15, -0.1) is 0 Å². The first-order valence-electron chi connectivity index (χ1n) is 4.07. The van der Waals surface area contributed by atoms with Gasteiger partial charge in [-0.05, 0) is 19.8 Å². The zero-order chi connectivity index (χ0) is 8.20. The van der Waals surface area contributed by atoms with Crippen LogP contribution in [0, 0.1) is 0 Å². The van der Waals surface area contributed by atoms with Crippen LogP contribution in [0.5, 0.6) is 0 Å². The first-order valence-corrected chi connectivity index (χ1v) is 4.07. The Kier molecular flexibility index (Phi) is 3.91. The van der Waals surface area contributed by atoms with E-state index in [1.165, 1.54) is 5.06 Å². The van der Waals surface area contributed by atoms with Gasteiger partial charge in [0.05, 0.1) is 0 Å². The van der Waals surface area contributed by atoms with E-state index in [-0.39, 0.29) is 5.54 Å². The lowest BCUT2D eigenvalue weighted by molar-refractivity contribution is -0.167. The molecule has 0 heterocycles. The van der Waals surface area contributed by atoms with Crippen molar-refractivity contribution in [1.82, 2.24) is 5.06 Å². The van der Waals surface area contributed by atoms with Gasteiger partial charge in [0.2, 0.25) is 0 Å². The fraction of sp³-hybridized carbons (Fsp3) is 1.00. The summed E-state index contributed by atoms with van der Waals surface area (Å²) in [7, 11) is 0. The summed E-state index contributed by atoms with van der Waals surface area (Å²) in [6, 6.07) is 0. The van der Waals surface area contributed by atoms with E-state index >= 15 is 0 Å². The molecule has 0 saturated carbocycles. The van der Waals surface area contributed by atoms with Crippen LogP contribution in [0.3, 0.4) is 0 Å². The fourth-order valence-electron chi connectivity index (χ4n) is 0.997. The third kappa shape index (κ3) is 1.96. The highest BCUT2D eigenvalue weighted by Crippen LogP contribution is 2.20. The lowest BCUT2D eigenvalue weighted by Crippen LogP contribution is -2.42. The van der Waals surface area contributed by atoms with Crippen LogP contribution in [0.2, 0.25) is 0 Å². The molecule has 0 saturated heterocycles. The smallest absolute Gasteiger partial charge is 0.0427 e. The molecule has 0 rings (SSSR count). The van der Waals surface area contributed by atoms with Gasteiger partial charge < -0.3 is 5.21 Å². The third-order valence-corrected chi connectivity index (χ3v) is 2.45. The van der Waals surface area contributed by atoms with E-state index < -0.39 is 0 Å². The first kappa shape index (κ1) is 9.92. The molecule has 0 amide bonds. The fourth-order valence-corrected chi connectivity index (χ4v) is 0.997. The molecule has 0 spiro atoms. The molecule has 62 valence electrons. The van der Waals surface area contributed by atoms with Crippen molar-refractivity contribution >= 4 is 0 Å². The first-order chi connectivity index (χ1) is 4.60. The van der Waals surface area contributed by atoms with Crippen LogP contribution in [0.4, 0.5) is 0 Å². The van der Waals surface area contributed by atoms with Crippen molar-refractivity contribution in [3.8, 4) is 0 Å². The van der Waals surface area contributed by atoms with Crippen molar-refractivity contribution in [3.05, 3.63) is 0 Å². The Morgan fingerprint density at radius 1 is 1.20 bits per heavy atom. The Labute approximate surface area is 63.8 Å². The van der Waals surface area contributed by atoms with Crippen LogP contribution in [0.25, 0.3) is 0 Å². The summed E-state index contributed by atoms with van der Waals surface area (Å²) in [6.45, 7) is 8.95. The van der Waals surface area contributed by atoms with Crippen LogP contribution in [-0.2, 0) is 0 Å². The quantitative estimate of drug-likeness (QED) is 0.613. The van der Waals surface area contributed by atoms with Gasteiger partial charge in [-0.1, -0.05) is 20.8 Å². The largest absolute Gasteiger partial charge is 0.313 e. The molecule has 10 heavy (non-hydrogen) atoms. The van der Waals surface area contributed by atoms with Crippen molar-refractivity contribution in [3.63, 3.8) is 0 Å². The number of hydrogen-bond donors (Lipinski definition) is 1. The molecule has 0 radical (unpaired) electrons. The molecule has 0 fully saturated rings. The Bertz CT molecular complexity index is 89.3. The van der Waals surface area contributed by atoms with Crippen molar-refractivity contribution in [2.75, 3.05) is 6.54 Å². The van der Waals surface area contributed by atoms with Gasteiger partial charge in [0.25, 0.3) is 0 Å². The van der Waals surface area contributed by atoms with Crippen molar-refractivity contribution in [2.24, 2.45) is 0 Å². The molecular weight excluding hydrogens is 126 g/mol. The highest BCUT2D eigenvalue weighted by atomic mass is 16.5. The maximum Gasteiger partial charge on any atom is 0.0427 e.